The Morgan fingerprint density at radius 2 is 2.05 bits per heavy atom. The highest BCUT2D eigenvalue weighted by atomic mass is 32.2. The van der Waals surface area contributed by atoms with Crippen LogP contribution in [0.25, 0.3) is 0 Å². The Labute approximate surface area is 108 Å². The smallest absolute Gasteiger partial charge is 0.306 e. The molecule has 0 spiro atoms. The van der Waals surface area contributed by atoms with E-state index in [1.807, 2.05) is 0 Å². The fourth-order valence-corrected chi connectivity index (χ4v) is 3.13. The van der Waals surface area contributed by atoms with E-state index in [9.17, 15) is 22.9 Å². The Morgan fingerprint density at radius 3 is 2.58 bits per heavy atom. The van der Waals surface area contributed by atoms with Gasteiger partial charge in [0.05, 0.1) is 9.82 Å². The molecule has 1 saturated carbocycles. The van der Waals surface area contributed by atoms with Crippen LogP contribution in [0.5, 0.6) is 0 Å². The summed E-state index contributed by atoms with van der Waals surface area (Å²) in [4.78, 5) is 9.27. The van der Waals surface area contributed by atoms with Crippen LogP contribution in [-0.2, 0) is 10.0 Å². The van der Waals surface area contributed by atoms with Crippen molar-refractivity contribution in [3.63, 3.8) is 0 Å². The van der Waals surface area contributed by atoms with E-state index < -0.39 is 26.5 Å². The summed E-state index contributed by atoms with van der Waals surface area (Å²) in [5.74, 6) is -1.07. The number of sulfonamides is 1. The molecule has 1 aromatic carbocycles. The van der Waals surface area contributed by atoms with Gasteiger partial charge in [0.2, 0.25) is 15.8 Å². The van der Waals surface area contributed by atoms with Gasteiger partial charge in [0.25, 0.3) is 0 Å². The highest BCUT2D eigenvalue weighted by molar-refractivity contribution is 7.89. The van der Waals surface area contributed by atoms with E-state index in [0.29, 0.717) is 18.9 Å². The van der Waals surface area contributed by atoms with Crippen molar-refractivity contribution in [1.29, 1.82) is 0 Å². The predicted molar refractivity (Wildman–Crippen MR) is 64.4 cm³/mol. The average Bonchev–Trinajstić information content (AvgIpc) is 2.26. The lowest BCUT2D eigenvalue weighted by Gasteiger charge is -2.32. The zero-order chi connectivity index (χ0) is 14.2. The molecule has 2 rings (SSSR count). The second kappa shape index (κ2) is 4.83. The van der Waals surface area contributed by atoms with E-state index >= 15 is 0 Å². The van der Waals surface area contributed by atoms with Crippen LogP contribution in [0, 0.1) is 15.9 Å². The van der Waals surface area contributed by atoms with E-state index in [0.717, 1.165) is 12.1 Å². The molecule has 1 aromatic rings. The second-order valence-electron chi connectivity index (χ2n) is 4.42. The van der Waals surface area contributed by atoms with E-state index in [2.05, 4.69) is 4.72 Å². The molecule has 0 atom stereocenters. The van der Waals surface area contributed by atoms with Gasteiger partial charge in [0.1, 0.15) is 0 Å². The topological polar surface area (TPSA) is 115 Å². The molecule has 104 valence electrons. The molecular formula is C10H12FN3O4S. The third kappa shape index (κ3) is 2.88. The van der Waals surface area contributed by atoms with Crippen LogP contribution in [0.1, 0.15) is 12.8 Å². The Kier molecular flexibility index (Phi) is 3.52. The number of rotatable bonds is 4. The third-order valence-corrected chi connectivity index (χ3v) is 4.44. The monoisotopic (exact) mass is 289 g/mol. The van der Waals surface area contributed by atoms with Gasteiger partial charge in [0, 0.05) is 18.2 Å². The number of nitro groups is 1. The van der Waals surface area contributed by atoms with Gasteiger partial charge in [-0.2, -0.15) is 4.39 Å². The minimum atomic E-state index is -3.89. The van der Waals surface area contributed by atoms with Crippen molar-refractivity contribution in [3.05, 3.63) is 34.1 Å². The van der Waals surface area contributed by atoms with Crippen molar-refractivity contribution >= 4 is 15.7 Å². The quantitative estimate of drug-likeness (QED) is 0.618. The largest absolute Gasteiger partial charge is 0.328 e. The normalized spacial score (nSPS) is 22.8. The van der Waals surface area contributed by atoms with Crippen LogP contribution in [0.2, 0.25) is 0 Å². The molecule has 1 fully saturated rings. The molecular weight excluding hydrogens is 277 g/mol. The summed E-state index contributed by atoms with van der Waals surface area (Å²) in [7, 11) is -3.89. The number of halogens is 1. The van der Waals surface area contributed by atoms with E-state index in [-0.39, 0.29) is 17.0 Å². The SMILES string of the molecule is NC1CC(NS(=O)(=O)c2ccc(F)c([N+](=O)[O-])c2)C1. The fraction of sp³-hybridized carbons (Fsp3) is 0.400. The molecule has 0 bridgehead atoms. The third-order valence-electron chi connectivity index (χ3n) is 2.92. The lowest BCUT2D eigenvalue weighted by molar-refractivity contribution is -0.387. The molecule has 0 heterocycles. The van der Waals surface area contributed by atoms with Crippen LogP contribution in [0.3, 0.4) is 0 Å². The molecule has 7 nitrogen and oxygen atoms in total. The maximum atomic E-state index is 13.1. The Bertz CT molecular complexity index is 613. The first-order chi connectivity index (χ1) is 8.79. The number of nitrogens with two attached hydrogens (primary N) is 1. The first-order valence-electron chi connectivity index (χ1n) is 5.51. The number of nitrogens with zero attached hydrogens (tertiary/aromatic N) is 1. The van der Waals surface area contributed by atoms with Gasteiger partial charge in [-0.3, -0.25) is 10.1 Å². The maximum absolute atomic E-state index is 13.1. The first-order valence-corrected chi connectivity index (χ1v) is 7.00. The van der Waals surface area contributed by atoms with Gasteiger partial charge in [-0.15, -0.1) is 0 Å². The van der Waals surface area contributed by atoms with E-state index in [1.165, 1.54) is 0 Å². The zero-order valence-corrected chi connectivity index (χ0v) is 10.6. The van der Waals surface area contributed by atoms with Crippen molar-refractivity contribution < 1.29 is 17.7 Å². The lowest BCUT2D eigenvalue weighted by Crippen LogP contribution is -2.50. The molecule has 0 aromatic heterocycles. The lowest BCUT2D eigenvalue weighted by atomic mass is 9.89. The standard InChI is InChI=1S/C10H12FN3O4S/c11-9-2-1-8(5-10(9)14(15)16)19(17,18)13-7-3-6(12)4-7/h1-2,5-7,13H,3-4,12H2. The highest BCUT2D eigenvalue weighted by Gasteiger charge is 2.31. The van der Waals surface area contributed by atoms with Gasteiger partial charge in [-0.1, -0.05) is 0 Å². The van der Waals surface area contributed by atoms with Crippen LogP contribution < -0.4 is 10.5 Å². The van der Waals surface area contributed by atoms with Gasteiger partial charge >= 0.3 is 5.69 Å². The first kappa shape index (κ1) is 13.8. The summed E-state index contributed by atoms with van der Waals surface area (Å²) in [6.45, 7) is 0. The summed E-state index contributed by atoms with van der Waals surface area (Å²) in [5.41, 5.74) is 4.67. The highest BCUT2D eigenvalue weighted by Crippen LogP contribution is 2.24. The Morgan fingerprint density at radius 1 is 1.42 bits per heavy atom. The van der Waals surface area contributed by atoms with Crippen molar-refractivity contribution in [3.8, 4) is 0 Å². The van der Waals surface area contributed by atoms with Gasteiger partial charge in [0.15, 0.2) is 0 Å². The second-order valence-corrected chi connectivity index (χ2v) is 6.13. The molecule has 0 radical (unpaired) electrons. The summed E-state index contributed by atoms with van der Waals surface area (Å²) in [6.07, 6.45) is 1.03. The molecule has 3 N–H and O–H groups in total. The molecule has 1 aliphatic rings. The predicted octanol–water partition coefficient (Wildman–Crippen LogP) is 0.502. The number of nitro benzene ring substituents is 1. The van der Waals surface area contributed by atoms with Gasteiger partial charge in [-0.25, -0.2) is 13.1 Å². The van der Waals surface area contributed by atoms with Crippen molar-refractivity contribution in [2.45, 2.75) is 29.8 Å². The molecule has 9 heteroatoms. The Hall–Kier alpha value is -1.58. The Balaban J connectivity index is 2.25. The number of hydrogen-bond donors (Lipinski definition) is 2. The van der Waals surface area contributed by atoms with E-state index in [4.69, 9.17) is 5.73 Å². The maximum Gasteiger partial charge on any atom is 0.306 e. The summed E-state index contributed by atoms with van der Waals surface area (Å²) < 4.78 is 39.4. The minimum absolute atomic E-state index is 0.0322. The molecule has 0 amide bonds. The van der Waals surface area contributed by atoms with Crippen LogP contribution >= 0.6 is 0 Å². The minimum Gasteiger partial charge on any atom is -0.328 e. The summed E-state index contributed by atoms with van der Waals surface area (Å²) >= 11 is 0. The van der Waals surface area contributed by atoms with E-state index in [1.54, 1.807) is 0 Å². The van der Waals surface area contributed by atoms with Gasteiger partial charge < -0.3 is 5.73 Å². The number of hydrogen-bond acceptors (Lipinski definition) is 5. The number of benzene rings is 1. The summed E-state index contributed by atoms with van der Waals surface area (Å²) in [5, 5.41) is 10.6. The van der Waals surface area contributed by atoms with Crippen LogP contribution in [0.15, 0.2) is 23.1 Å². The average molecular weight is 289 g/mol. The molecule has 0 unspecified atom stereocenters. The van der Waals surface area contributed by atoms with Crippen molar-refractivity contribution in [1.82, 2.24) is 4.72 Å². The van der Waals surface area contributed by atoms with Crippen LogP contribution in [-0.4, -0.2) is 25.4 Å². The van der Waals surface area contributed by atoms with Crippen molar-refractivity contribution in [2.24, 2.45) is 5.73 Å². The summed E-state index contributed by atoms with van der Waals surface area (Å²) in [6, 6.07) is 2.15. The van der Waals surface area contributed by atoms with Gasteiger partial charge in [-0.05, 0) is 25.0 Å². The molecule has 1 aliphatic carbocycles. The van der Waals surface area contributed by atoms with Crippen LogP contribution in [0.4, 0.5) is 10.1 Å². The van der Waals surface area contributed by atoms with Crippen molar-refractivity contribution in [2.75, 3.05) is 0 Å². The fourth-order valence-electron chi connectivity index (χ4n) is 1.85. The zero-order valence-electron chi connectivity index (χ0n) is 9.74. The molecule has 0 aliphatic heterocycles. The molecule has 19 heavy (non-hydrogen) atoms. The number of nitrogens with one attached hydrogen (secondary N) is 1. The molecule has 0 saturated heterocycles.